The van der Waals surface area contributed by atoms with E-state index in [9.17, 15) is 4.79 Å². The molecule has 1 aromatic heterocycles. The minimum absolute atomic E-state index is 0. The summed E-state index contributed by atoms with van der Waals surface area (Å²) in [6.07, 6.45) is 0.382. The highest BCUT2D eigenvalue weighted by molar-refractivity contribution is 7.22. The molecule has 8 heteroatoms. The highest BCUT2D eigenvalue weighted by Crippen LogP contribution is 2.32. The van der Waals surface area contributed by atoms with E-state index in [1.165, 1.54) is 11.3 Å². The van der Waals surface area contributed by atoms with Gasteiger partial charge in [0.2, 0.25) is 5.91 Å². The molecule has 0 spiro atoms. The Kier molecular flexibility index (Phi) is 5.96. The minimum atomic E-state index is -0.0592. The van der Waals surface area contributed by atoms with E-state index in [2.05, 4.69) is 15.6 Å². The number of carbonyl (C=O) groups excluding carboxylic acids is 1. The van der Waals surface area contributed by atoms with Crippen LogP contribution in [0.4, 0.5) is 5.13 Å². The van der Waals surface area contributed by atoms with Crippen molar-refractivity contribution >= 4 is 45.0 Å². The van der Waals surface area contributed by atoms with Gasteiger partial charge in [-0.05, 0) is 12.1 Å². The number of morpholine rings is 1. The molecule has 22 heavy (non-hydrogen) atoms. The first kappa shape index (κ1) is 17.0. The molecule has 2 N–H and O–H groups in total. The molecule has 2 heterocycles. The van der Waals surface area contributed by atoms with Crippen LogP contribution in [0.25, 0.3) is 10.2 Å². The summed E-state index contributed by atoms with van der Waals surface area (Å²) < 4.78 is 11.6. The monoisotopic (exact) mass is 343 g/mol. The van der Waals surface area contributed by atoms with E-state index in [1.807, 2.05) is 18.2 Å². The predicted octanol–water partition coefficient (Wildman–Crippen LogP) is 2.04. The van der Waals surface area contributed by atoms with Crippen molar-refractivity contribution in [3.05, 3.63) is 18.2 Å². The number of hydrogen-bond acceptors (Lipinski definition) is 6. The number of rotatable bonds is 4. The van der Waals surface area contributed by atoms with Crippen LogP contribution in [0.1, 0.15) is 6.42 Å². The highest BCUT2D eigenvalue weighted by Gasteiger charge is 2.18. The van der Waals surface area contributed by atoms with Gasteiger partial charge >= 0.3 is 0 Å². The maximum absolute atomic E-state index is 12.0. The Hall–Kier alpha value is -1.41. The van der Waals surface area contributed by atoms with Crippen molar-refractivity contribution in [2.75, 3.05) is 32.2 Å². The number of fused-ring (bicyclic) bond motifs is 1. The number of thiazole rings is 1. The summed E-state index contributed by atoms with van der Waals surface area (Å²) in [4.78, 5) is 16.5. The molecule has 6 nitrogen and oxygen atoms in total. The number of ether oxygens (including phenoxy) is 2. The second-order valence-corrected chi connectivity index (χ2v) is 5.83. The number of anilines is 1. The van der Waals surface area contributed by atoms with Crippen LogP contribution >= 0.6 is 23.7 Å². The number of nitrogens with zero attached hydrogens (tertiary/aromatic N) is 1. The summed E-state index contributed by atoms with van der Waals surface area (Å²) >= 11 is 1.44. The van der Waals surface area contributed by atoms with Crippen LogP contribution in [-0.2, 0) is 9.53 Å². The minimum Gasteiger partial charge on any atom is -0.494 e. The smallest absolute Gasteiger partial charge is 0.227 e. The van der Waals surface area contributed by atoms with Crippen molar-refractivity contribution in [3.8, 4) is 5.75 Å². The number of amides is 1. The van der Waals surface area contributed by atoms with Crippen molar-refractivity contribution in [1.29, 1.82) is 0 Å². The van der Waals surface area contributed by atoms with E-state index in [0.29, 0.717) is 30.5 Å². The van der Waals surface area contributed by atoms with Crippen LogP contribution < -0.4 is 15.4 Å². The van der Waals surface area contributed by atoms with E-state index < -0.39 is 0 Å². The van der Waals surface area contributed by atoms with Crippen LogP contribution in [0, 0.1) is 0 Å². The van der Waals surface area contributed by atoms with E-state index in [0.717, 1.165) is 16.8 Å². The quantitative estimate of drug-likeness (QED) is 0.889. The van der Waals surface area contributed by atoms with Crippen molar-refractivity contribution in [1.82, 2.24) is 10.3 Å². The molecule has 0 bridgehead atoms. The molecule has 1 aliphatic heterocycles. The van der Waals surface area contributed by atoms with E-state index >= 15 is 0 Å². The fraction of sp³-hybridized carbons (Fsp3) is 0.429. The van der Waals surface area contributed by atoms with Gasteiger partial charge in [-0.2, -0.15) is 0 Å². The Balaban J connectivity index is 0.00000176. The van der Waals surface area contributed by atoms with Crippen molar-refractivity contribution < 1.29 is 14.3 Å². The Bertz CT molecular complexity index is 643. The van der Waals surface area contributed by atoms with Crippen LogP contribution in [0.2, 0.25) is 0 Å². The third kappa shape index (κ3) is 3.86. The molecular weight excluding hydrogens is 326 g/mol. The molecule has 1 amide bonds. The topological polar surface area (TPSA) is 72.5 Å². The fourth-order valence-corrected chi connectivity index (χ4v) is 3.19. The number of benzene rings is 1. The second kappa shape index (κ2) is 7.73. The lowest BCUT2D eigenvalue weighted by Crippen LogP contribution is -2.43. The Labute approximate surface area is 138 Å². The zero-order chi connectivity index (χ0) is 14.7. The van der Waals surface area contributed by atoms with Crippen molar-refractivity contribution in [3.63, 3.8) is 0 Å². The van der Waals surface area contributed by atoms with Gasteiger partial charge in [-0.25, -0.2) is 4.98 Å². The number of methoxy groups -OCH3 is 1. The van der Waals surface area contributed by atoms with Gasteiger partial charge in [0.1, 0.15) is 11.3 Å². The SMILES string of the molecule is COc1cccc2sc(NC(=O)CC3COCCN3)nc12.Cl. The molecule has 1 saturated heterocycles. The van der Waals surface area contributed by atoms with Gasteiger partial charge in [0.25, 0.3) is 0 Å². The maximum Gasteiger partial charge on any atom is 0.227 e. The maximum atomic E-state index is 12.0. The number of nitrogens with one attached hydrogen (secondary N) is 2. The summed E-state index contributed by atoms with van der Waals surface area (Å²) in [5.74, 6) is 0.655. The largest absolute Gasteiger partial charge is 0.494 e. The lowest BCUT2D eigenvalue weighted by atomic mass is 10.2. The molecule has 0 saturated carbocycles. The highest BCUT2D eigenvalue weighted by atomic mass is 35.5. The first-order chi connectivity index (χ1) is 10.3. The number of carbonyl (C=O) groups is 1. The lowest BCUT2D eigenvalue weighted by Gasteiger charge is -2.22. The summed E-state index contributed by atoms with van der Waals surface area (Å²) in [6.45, 7) is 2.06. The number of aromatic nitrogens is 1. The van der Waals surface area contributed by atoms with Gasteiger partial charge in [-0.3, -0.25) is 4.79 Å². The van der Waals surface area contributed by atoms with E-state index in [-0.39, 0.29) is 24.4 Å². The predicted molar refractivity (Wildman–Crippen MR) is 89.3 cm³/mol. The molecule has 120 valence electrons. The standard InChI is InChI=1S/C14H17N3O3S.ClH/c1-19-10-3-2-4-11-13(10)17-14(21-11)16-12(18)7-9-8-20-6-5-15-9;/h2-4,9,15H,5-8H2,1H3,(H,16,17,18);1H. The molecule has 0 radical (unpaired) electrons. The van der Waals surface area contributed by atoms with Crippen LogP contribution in [0.15, 0.2) is 18.2 Å². The van der Waals surface area contributed by atoms with Gasteiger partial charge in [0.15, 0.2) is 5.13 Å². The molecule has 1 aromatic carbocycles. The average molecular weight is 344 g/mol. The van der Waals surface area contributed by atoms with Crippen LogP contribution in [-0.4, -0.2) is 43.8 Å². The Morgan fingerprint density at radius 1 is 1.59 bits per heavy atom. The Morgan fingerprint density at radius 2 is 2.45 bits per heavy atom. The summed E-state index contributed by atoms with van der Waals surface area (Å²) in [5.41, 5.74) is 0.777. The Morgan fingerprint density at radius 3 is 3.18 bits per heavy atom. The third-order valence-electron chi connectivity index (χ3n) is 3.28. The van der Waals surface area contributed by atoms with Gasteiger partial charge in [0.05, 0.1) is 25.0 Å². The first-order valence-electron chi connectivity index (χ1n) is 6.81. The molecule has 0 aliphatic carbocycles. The number of halogens is 1. The fourth-order valence-electron chi connectivity index (χ4n) is 2.29. The van der Waals surface area contributed by atoms with E-state index in [1.54, 1.807) is 7.11 Å². The van der Waals surface area contributed by atoms with Gasteiger partial charge < -0.3 is 20.1 Å². The molecule has 1 fully saturated rings. The van der Waals surface area contributed by atoms with Gasteiger partial charge in [-0.1, -0.05) is 17.4 Å². The zero-order valence-corrected chi connectivity index (χ0v) is 13.8. The van der Waals surface area contributed by atoms with Crippen LogP contribution in [0.3, 0.4) is 0 Å². The third-order valence-corrected chi connectivity index (χ3v) is 4.21. The molecule has 3 rings (SSSR count). The summed E-state index contributed by atoms with van der Waals surface area (Å²) in [6, 6.07) is 5.80. The summed E-state index contributed by atoms with van der Waals surface area (Å²) in [5, 5.41) is 6.70. The van der Waals surface area contributed by atoms with Crippen LogP contribution in [0.5, 0.6) is 5.75 Å². The number of hydrogen-bond donors (Lipinski definition) is 2. The molecule has 1 unspecified atom stereocenters. The van der Waals surface area contributed by atoms with Gasteiger partial charge in [-0.15, -0.1) is 12.4 Å². The van der Waals surface area contributed by atoms with Crippen molar-refractivity contribution in [2.24, 2.45) is 0 Å². The molecule has 2 aromatic rings. The average Bonchev–Trinajstić information content (AvgIpc) is 2.90. The molecule has 1 atom stereocenters. The molecular formula is C14H18ClN3O3S. The van der Waals surface area contributed by atoms with E-state index in [4.69, 9.17) is 9.47 Å². The van der Waals surface area contributed by atoms with Crippen molar-refractivity contribution in [2.45, 2.75) is 12.5 Å². The zero-order valence-electron chi connectivity index (χ0n) is 12.1. The normalized spacial score (nSPS) is 17.8. The first-order valence-corrected chi connectivity index (χ1v) is 7.62. The van der Waals surface area contributed by atoms with Gasteiger partial charge in [0, 0.05) is 19.0 Å². The second-order valence-electron chi connectivity index (χ2n) is 4.80. The number of para-hydroxylation sites is 1. The lowest BCUT2D eigenvalue weighted by molar-refractivity contribution is -0.117. The summed E-state index contributed by atoms with van der Waals surface area (Å²) in [7, 11) is 1.61. The molecule has 1 aliphatic rings.